The van der Waals surface area contributed by atoms with Crippen molar-refractivity contribution in [2.24, 2.45) is 5.73 Å². The molecule has 0 aliphatic heterocycles. The zero-order valence-electron chi connectivity index (χ0n) is 3.94. The Balaban J connectivity index is 2.44. The third kappa shape index (κ3) is 0.455. The SMILES string of the molecule is C/C=C1/CC1N. The van der Waals surface area contributed by atoms with Crippen molar-refractivity contribution in [2.75, 3.05) is 0 Å². The van der Waals surface area contributed by atoms with Crippen molar-refractivity contribution in [3.63, 3.8) is 0 Å². The molecule has 1 heteroatoms. The highest BCUT2D eigenvalue weighted by Crippen LogP contribution is 2.25. The van der Waals surface area contributed by atoms with E-state index in [0.29, 0.717) is 6.04 Å². The van der Waals surface area contributed by atoms with Gasteiger partial charge in [0.2, 0.25) is 0 Å². The summed E-state index contributed by atoms with van der Waals surface area (Å²) >= 11 is 0. The van der Waals surface area contributed by atoms with Crippen LogP contribution in [0.5, 0.6) is 0 Å². The van der Waals surface area contributed by atoms with Crippen LogP contribution in [0.3, 0.4) is 0 Å². The normalized spacial score (nSPS) is 37.7. The lowest BCUT2D eigenvalue weighted by molar-refractivity contribution is 1.10. The number of rotatable bonds is 0. The summed E-state index contributed by atoms with van der Waals surface area (Å²) in [4.78, 5) is 0. The molecule has 1 rings (SSSR count). The second-order valence-electron chi connectivity index (χ2n) is 1.67. The molecule has 1 aliphatic rings. The van der Waals surface area contributed by atoms with Crippen LogP contribution in [-0.2, 0) is 0 Å². The van der Waals surface area contributed by atoms with Crippen molar-refractivity contribution in [3.05, 3.63) is 11.6 Å². The van der Waals surface area contributed by atoms with Gasteiger partial charge in [-0.05, 0) is 13.3 Å². The van der Waals surface area contributed by atoms with Crippen LogP contribution >= 0.6 is 0 Å². The minimum atomic E-state index is 0.426. The fourth-order valence-electron chi connectivity index (χ4n) is 0.527. The van der Waals surface area contributed by atoms with Crippen molar-refractivity contribution < 1.29 is 0 Å². The highest BCUT2D eigenvalue weighted by atomic mass is 14.7. The number of hydrogen-bond acceptors (Lipinski definition) is 1. The van der Waals surface area contributed by atoms with Gasteiger partial charge in [0.05, 0.1) is 0 Å². The van der Waals surface area contributed by atoms with Crippen LogP contribution in [0.1, 0.15) is 13.3 Å². The van der Waals surface area contributed by atoms with Crippen LogP contribution < -0.4 is 5.73 Å². The molecule has 0 radical (unpaired) electrons. The predicted octanol–water partition coefficient (Wildman–Crippen LogP) is 0.664. The van der Waals surface area contributed by atoms with Gasteiger partial charge in [-0.2, -0.15) is 0 Å². The second-order valence-corrected chi connectivity index (χ2v) is 1.67. The predicted molar refractivity (Wildman–Crippen MR) is 26.3 cm³/mol. The van der Waals surface area contributed by atoms with Gasteiger partial charge in [0.1, 0.15) is 0 Å². The molecule has 6 heavy (non-hydrogen) atoms. The molecule has 34 valence electrons. The Morgan fingerprint density at radius 3 is 2.50 bits per heavy atom. The van der Waals surface area contributed by atoms with E-state index in [1.807, 2.05) is 6.92 Å². The van der Waals surface area contributed by atoms with Gasteiger partial charge in [0.25, 0.3) is 0 Å². The van der Waals surface area contributed by atoms with E-state index in [4.69, 9.17) is 5.73 Å². The van der Waals surface area contributed by atoms with E-state index in [-0.39, 0.29) is 0 Å². The Morgan fingerprint density at radius 2 is 2.50 bits per heavy atom. The van der Waals surface area contributed by atoms with E-state index in [2.05, 4.69) is 6.08 Å². The third-order valence-corrected chi connectivity index (χ3v) is 1.14. The van der Waals surface area contributed by atoms with Crippen LogP contribution in [0.2, 0.25) is 0 Å². The standard InChI is InChI=1S/C5H9N/c1-2-4-3-5(4)6/h2,5H,3,6H2,1H3/b4-2-. The lowest BCUT2D eigenvalue weighted by Gasteiger charge is -1.66. The molecule has 0 bridgehead atoms. The molecule has 0 aromatic heterocycles. The van der Waals surface area contributed by atoms with Crippen LogP contribution in [0.4, 0.5) is 0 Å². The van der Waals surface area contributed by atoms with Crippen molar-refractivity contribution in [1.82, 2.24) is 0 Å². The first-order valence-electron chi connectivity index (χ1n) is 2.25. The van der Waals surface area contributed by atoms with Gasteiger partial charge in [-0.25, -0.2) is 0 Å². The first-order chi connectivity index (χ1) is 2.84. The lowest BCUT2D eigenvalue weighted by Crippen LogP contribution is -1.95. The van der Waals surface area contributed by atoms with Crippen molar-refractivity contribution >= 4 is 0 Å². The summed E-state index contributed by atoms with van der Waals surface area (Å²) in [5, 5.41) is 0. The van der Waals surface area contributed by atoms with Gasteiger partial charge < -0.3 is 5.73 Å². The third-order valence-electron chi connectivity index (χ3n) is 1.14. The molecule has 0 saturated heterocycles. The molecule has 1 unspecified atom stereocenters. The topological polar surface area (TPSA) is 26.0 Å². The molecule has 1 saturated carbocycles. The molecule has 1 nitrogen and oxygen atoms in total. The molecule has 1 atom stereocenters. The summed E-state index contributed by atoms with van der Waals surface area (Å²) in [6.45, 7) is 2.03. The Kier molecular flexibility index (Phi) is 0.701. The average molecular weight is 83.1 g/mol. The number of allylic oxidation sites excluding steroid dienone is 1. The molecule has 0 heterocycles. The molecule has 1 aliphatic carbocycles. The molecule has 0 aromatic carbocycles. The van der Waals surface area contributed by atoms with Gasteiger partial charge in [-0.15, -0.1) is 0 Å². The maximum Gasteiger partial charge on any atom is 0.0292 e. The molecule has 0 spiro atoms. The molecule has 1 fully saturated rings. The van der Waals surface area contributed by atoms with Gasteiger partial charge in [0, 0.05) is 6.04 Å². The lowest BCUT2D eigenvalue weighted by atomic mass is 10.5. The maximum absolute atomic E-state index is 5.41. The van der Waals surface area contributed by atoms with Gasteiger partial charge in [0.15, 0.2) is 0 Å². The summed E-state index contributed by atoms with van der Waals surface area (Å²) in [7, 11) is 0. The van der Waals surface area contributed by atoms with Crippen molar-refractivity contribution in [3.8, 4) is 0 Å². The van der Waals surface area contributed by atoms with Gasteiger partial charge in [-0.3, -0.25) is 0 Å². The van der Waals surface area contributed by atoms with E-state index < -0.39 is 0 Å². The zero-order chi connectivity index (χ0) is 4.57. The van der Waals surface area contributed by atoms with Gasteiger partial charge >= 0.3 is 0 Å². The number of hydrogen-bond donors (Lipinski definition) is 1. The fourth-order valence-corrected chi connectivity index (χ4v) is 0.527. The average Bonchev–Trinajstić information content (AvgIpc) is 2.19. The zero-order valence-corrected chi connectivity index (χ0v) is 3.94. The summed E-state index contributed by atoms with van der Waals surface area (Å²) in [5.74, 6) is 0. The van der Waals surface area contributed by atoms with Crippen LogP contribution in [0.15, 0.2) is 11.6 Å². The Bertz CT molecular complexity index is 83.9. The Labute approximate surface area is 37.8 Å². The molecular formula is C5H9N. The first-order valence-corrected chi connectivity index (χ1v) is 2.25. The molecular weight excluding hydrogens is 74.1 g/mol. The van der Waals surface area contributed by atoms with E-state index in [0.717, 1.165) is 6.42 Å². The molecule has 0 amide bonds. The van der Waals surface area contributed by atoms with E-state index >= 15 is 0 Å². The monoisotopic (exact) mass is 83.1 g/mol. The minimum absolute atomic E-state index is 0.426. The van der Waals surface area contributed by atoms with Crippen LogP contribution in [0.25, 0.3) is 0 Å². The fraction of sp³-hybridized carbons (Fsp3) is 0.600. The Hall–Kier alpha value is -0.300. The molecule has 0 aromatic rings. The van der Waals surface area contributed by atoms with Crippen LogP contribution in [-0.4, -0.2) is 6.04 Å². The molecule has 2 N–H and O–H groups in total. The number of nitrogens with two attached hydrogens (primary N) is 1. The minimum Gasteiger partial charge on any atom is -0.324 e. The summed E-state index contributed by atoms with van der Waals surface area (Å²) in [6, 6.07) is 0.426. The van der Waals surface area contributed by atoms with Crippen molar-refractivity contribution in [1.29, 1.82) is 0 Å². The van der Waals surface area contributed by atoms with E-state index in [1.165, 1.54) is 5.57 Å². The highest BCUT2D eigenvalue weighted by Gasteiger charge is 2.22. The second kappa shape index (κ2) is 1.09. The largest absolute Gasteiger partial charge is 0.324 e. The van der Waals surface area contributed by atoms with Crippen LogP contribution in [0, 0.1) is 0 Å². The first kappa shape index (κ1) is 3.88. The highest BCUT2D eigenvalue weighted by molar-refractivity contribution is 5.26. The van der Waals surface area contributed by atoms with Gasteiger partial charge in [-0.1, -0.05) is 11.6 Å². The smallest absolute Gasteiger partial charge is 0.0292 e. The van der Waals surface area contributed by atoms with E-state index in [9.17, 15) is 0 Å². The summed E-state index contributed by atoms with van der Waals surface area (Å²) < 4.78 is 0. The van der Waals surface area contributed by atoms with E-state index in [1.54, 1.807) is 0 Å². The maximum atomic E-state index is 5.41. The Morgan fingerprint density at radius 1 is 2.00 bits per heavy atom. The van der Waals surface area contributed by atoms with Crippen molar-refractivity contribution in [2.45, 2.75) is 19.4 Å². The quantitative estimate of drug-likeness (QED) is 0.428. The summed E-state index contributed by atoms with van der Waals surface area (Å²) in [6.07, 6.45) is 3.22. The summed E-state index contributed by atoms with van der Waals surface area (Å²) in [5.41, 5.74) is 6.82.